The zero-order chi connectivity index (χ0) is 14.8. The lowest BCUT2D eigenvalue weighted by atomic mass is 9.46. The largest absolute Gasteiger partial charge is 0.299 e. The van der Waals surface area contributed by atoms with Crippen molar-refractivity contribution in [1.29, 1.82) is 0 Å². The lowest BCUT2D eigenvalue weighted by Gasteiger charge is -2.57. The van der Waals surface area contributed by atoms with Crippen LogP contribution in [0.15, 0.2) is 12.2 Å². The third-order valence-electron chi connectivity index (χ3n) is 7.50. The van der Waals surface area contributed by atoms with Crippen molar-refractivity contribution in [3.63, 3.8) is 0 Å². The number of allylic oxidation sites excluding steroid dienone is 2. The van der Waals surface area contributed by atoms with Crippen LogP contribution in [0.5, 0.6) is 0 Å². The molecule has 2 nitrogen and oxygen atoms in total. The van der Waals surface area contributed by atoms with E-state index in [1.165, 1.54) is 19.3 Å². The van der Waals surface area contributed by atoms with Crippen molar-refractivity contribution < 1.29 is 9.59 Å². The van der Waals surface area contributed by atoms with E-state index < -0.39 is 0 Å². The Morgan fingerprint density at radius 2 is 1.95 bits per heavy atom. The van der Waals surface area contributed by atoms with E-state index in [4.69, 9.17) is 0 Å². The van der Waals surface area contributed by atoms with Crippen molar-refractivity contribution in [2.45, 2.75) is 58.8 Å². The summed E-state index contributed by atoms with van der Waals surface area (Å²) in [5, 5.41) is 0. The molecular formula is C19H26O2. The molecule has 4 aliphatic rings. The monoisotopic (exact) mass is 286 g/mol. The molecule has 0 aromatic carbocycles. The third kappa shape index (κ3) is 1.77. The molecule has 4 rings (SSSR count). The summed E-state index contributed by atoms with van der Waals surface area (Å²) < 4.78 is 0. The van der Waals surface area contributed by atoms with Gasteiger partial charge in [0.1, 0.15) is 5.78 Å². The molecule has 0 aliphatic heterocycles. The first kappa shape index (κ1) is 13.7. The van der Waals surface area contributed by atoms with Gasteiger partial charge >= 0.3 is 0 Å². The minimum absolute atomic E-state index is 0.0577. The molecule has 0 radical (unpaired) electrons. The van der Waals surface area contributed by atoms with Gasteiger partial charge in [-0.15, -0.1) is 0 Å². The summed E-state index contributed by atoms with van der Waals surface area (Å²) in [5.41, 5.74) is 0.216. The zero-order valence-corrected chi connectivity index (χ0v) is 13.2. The molecule has 6 unspecified atom stereocenters. The quantitative estimate of drug-likeness (QED) is 0.676. The Bertz CT molecular complexity index is 534. The van der Waals surface area contributed by atoms with Crippen molar-refractivity contribution >= 4 is 11.6 Å². The maximum Gasteiger partial charge on any atom is 0.155 e. The fraction of sp³-hybridized carbons (Fsp3) is 0.789. The first-order valence-corrected chi connectivity index (χ1v) is 8.69. The average Bonchev–Trinajstić information content (AvgIpc) is 2.80. The second-order valence-corrected chi connectivity index (χ2v) is 8.58. The van der Waals surface area contributed by atoms with Gasteiger partial charge in [-0.2, -0.15) is 0 Å². The molecule has 0 N–H and O–H groups in total. The van der Waals surface area contributed by atoms with Crippen LogP contribution in [-0.2, 0) is 9.59 Å². The Labute approximate surface area is 127 Å². The summed E-state index contributed by atoms with van der Waals surface area (Å²) in [6.07, 6.45) is 11.5. The van der Waals surface area contributed by atoms with Crippen molar-refractivity contribution in [2.24, 2.45) is 34.5 Å². The van der Waals surface area contributed by atoms with E-state index >= 15 is 0 Å². The third-order valence-corrected chi connectivity index (χ3v) is 7.50. The van der Waals surface area contributed by atoms with Crippen LogP contribution < -0.4 is 0 Å². The Morgan fingerprint density at radius 3 is 2.76 bits per heavy atom. The summed E-state index contributed by atoms with van der Waals surface area (Å²) in [7, 11) is 0. The number of rotatable bonds is 0. The maximum absolute atomic E-state index is 13.0. The van der Waals surface area contributed by atoms with Gasteiger partial charge in [0.05, 0.1) is 0 Å². The predicted molar refractivity (Wildman–Crippen MR) is 81.6 cm³/mol. The fourth-order valence-electron chi connectivity index (χ4n) is 6.47. The molecule has 0 aromatic heterocycles. The minimum atomic E-state index is -0.0577. The molecule has 114 valence electrons. The van der Waals surface area contributed by atoms with E-state index in [2.05, 4.69) is 19.9 Å². The van der Waals surface area contributed by atoms with Gasteiger partial charge in [0.15, 0.2) is 5.78 Å². The molecule has 3 saturated carbocycles. The Morgan fingerprint density at radius 1 is 1.14 bits per heavy atom. The van der Waals surface area contributed by atoms with Crippen LogP contribution >= 0.6 is 0 Å². The molecular weight excluding hydrogens is 260 g/mol. The van der Waals surface area contributed by atoms with E-state index in [1.807, 2.05) is 0 Å². The molecule has 2 heteroatoms. The highest BCUT2D eigenvalue weighted by atomic mass is 16.1. The molecule has 6 atom stereocenters. The van der Waals surface area contributed by atoms with E-state index in [-0.39, 0.29) is 22.5 Å². The molecule has 0 spiro atoms. The normalized spacial score (nSPS) is 52.3. The Hall–Kier alpha value is -0.920. The van der Waals surface area contributed by atoms with Gasteiger partial charge in [0, 0.05) is 18.8 Å². The molecule has 0 aromatic rings. The van der Waals surface area contributed by atoms with Crippen LogP contribution in [0.3, 0.4) is 0 Å². The van der Waals surface area contributed by atoms with Gasteiger partial charge in [-0.25, -0.2) is 0 Å². The molecule has 0 saturated heterocycles. The molecule has 21 heavy (non-hydrogen) atoms. The number of hydrogen-bond acceptors (Lipinski definition) is 2. The van der Waals surface area contributed by atoms with Crippen LogP contribution in [0.1, 0.15) is 58.8 Å². The van der Waals surface area contributed by atoms with Gasteiger partial charge in [-0.1, -0.05) is 26.3 Å². The lowest BCUT2D eigenvalue weighted by molar-refractivity contribution is -0.149. The number of carbonyl (C=O) groups excluding carboxylic acids is 2. The first-order valence-electron chi connectivity index (χ1n) is 8.69. The highest BCUT2D eigenvalue weighted by molar-refractivity contribution is 5.92. The van der Waals surface area contributed by atoms with Crippen LogP contribution in [0, 0.1) is 34.5 Å². The number of ketones is 2. The Kier molecular flexibility index (Phi) is 2.81. The van der Waals surface area contributed by atoms with Crippen LogP contribution in [-0.4, -0.2) is 11.6 Å². The smallest absolute Gasteiger partial charge is 0.155 e. The van der Waals surface area contributed by atoms with E-state index in [0.29, 0.717) is 24.0 Å². The molecule has 0 heterocycles. The van der Waals surface area contributed by atoms with E-state index in [9.17, 15) is 9.59 Å². The minimum Gasteiger partial charge on any atom is -0.299 e. The second kappa shape index (κ2) is 4.30. The summed E-state index contributed by atoms with van der Waals surface area (Å²) in [4.78, 5) is 24.8. The van der Waals surface area contributed by atoms with Gasteiger partial charge in [0.25, 0.3) is 0 Å². The number of hydrogen-bond donors (Lipinski definition) is 0. The molecule has 0 amide bonds. The highest BCUT2D eigenvalue weighted by Gasteiger charge is 2.60. The maximum atomic E-state index is 13.0. The average molecular weight is 286 g/mol. The van der Waals surface area contributed by atoms with Gasteiger partial charge in [-0.05, 0) is 60.3 Å². The molecule has 0 bridgehead atoms. The van der Waals surface area contributed by atoms with Crippen molar-refractivity contribution in [1.82, 2.24) is 0 Å². The highest BCUT2D eigenvalue weighted by Crippen LogP contribution is 2.63. The molecule has 3 fully saturated rings. The summed E-state index contributed by atoms with van der Waals surface area (Å²) >= 11 is 0. The van der Waals surface area contributed by atoms with Crippen molar-refractivity contribution in [3.05, 3.63) is 12.2 Å². The second-order valence-electron chi connectivity index (χ2n) is 8.58. The van der Waals surface area contributed by atoms with Gasteiger partial charge in [-0.3, -0.25) is 9.59 Å². The van der Waals surface area contributed by atoms with Crippen LogP contribution in [0.4, 0.5) is 0 Å². The summed E-state index contributed by atoms with van der Waals surface area (Å²) in [6.45, 7) is 4.61. The van der Waals surface area contributed by atoms with Crippen molar-refractivity contribution in [3.8, 4) is 0 Å². The summed E-state index contributed by atoms with van der Waals surface area (Å²) in [6, 6.07) is 0. The van der Waals surface area contributed by atoms with Crippen LogP contribution in [0.2, 0.25) is 0 Å². The van der Waals surface area contributed by atoms with E-state index in [1.54, 1.807) is 6.08 Å². The van der Waals surface area contributed by atoms with Gasteiger partial charge in [0.2, 0.25) is 0 Å². The van der Waals surface area contributed by atoms with Gasteiger partial charge < -0.3 is 0 Å². The SMILES string of the molecule is CC12CCCC1C1CCC3CC(=O)C=CC3(C)C1C(=O)C2. The fourth-order valence-corrected chi connectivity index (χ4v) is 6.47. The molecule has 4 aliphatic carbocycles. The van der Waals surface area contributed by atoms with Crippen molar-refractivity contribution in [2.75, 3.05) is 0 Å². The Balaban J connectivity index is 1.75. The summed E-state index contributed by atoms with van der Waals surface area (Å²) in [5.74, 6) is 2.63. The van der Waals surface area contributed by atoms with Crippen LogP contribution in [0.25, 0.3) is 0 Å². The standard InChI is InChI=1S/C19H26O2/c1-18-8-3-4-15(18)14-6-5-12-10-13(20)7-9-19(12,2)17(14)16(21)11-18/h7,9,12,14-15,17H,3-6,8,10-11H2,1-2H3. The number of carbonyl (C=O) groups is 2. The lowest BCUT2D eigenvalue weighted by Crippen LogP contribution is -2.55. The first-order chi connectivity index (χ1) is 9.94. The predicted octanol–water partition coefficient (Wildman–Crippen LogP) is 3.94. The zero-order valence-electron chi connectivity index (χ0n) is 13.2. The number of fused-ring (bicyclic) bond motifs is 5. The number of Topliss-reactive ketones (excluding diaryl/α,β-unsaturated/α-hetero) is 1. The van der Waals surface area contributed by atoms with E-state index in [0.717, 1.165) is 25.2 Å². The topological polar surface area (TPSA) is 34.1 Å².